The number of carbonyl (C=O) groups is 1. The number of hydrogen-bond acceptors (Lipinski definition) is 4. The van der Waals surface area contributed by atoms with Crippen LogP contribution >= 0.6 is 0 Å². The van der Waals surface area contributed by atoms with Crippen molar-refractivity contribution in [3.05, 3.63) is 35.9 Å². The Morgan fingerprint density at radius 2 is 1.57 bits per heavy atom. The van der Waals surface area contributed by atoms with E-state index in [1.54, 1.807) is 4.90 Å². The molecule has 1 saturated heterocycles. The molecule has 1 aromatic carbocycles. The molecule has 0 bridgehead atoms. The van der Waals surface area contributed by atoms with E-state index in [-0.39, 0.29) is 12.2 Å². The van der Waals surface area contributed by atoms with E-state index in [9.17, 15) is 4.79 Å². The molecule has 0 unspecified atom stereocenters. The Labute approximate surface area is 172 Å². The summed E-state index contributed by atoms with van der Waals surface area (Å²) in [5.74, 6) is 0. The molecule has 1 aromatic rings. The summed E-state index contributed by atoms with van der Waals surface area (Å²) in [5, 5.41) is 0. The minimum absolute atomic E-state index is 0.198. The largest absolute Gasteiger partial charge is 0.444 e. The Bertz CT molecular complexity index is 491. The highest BCUT2D eigenvalue weighted by Gasteiger charge is 2.26. The molecule has 0 aromatic heterocycles. The van der Waals surface area contributed by atoms with Crippen molar-refractivity contribution in [2.75, 3.05) is 26.3 Å². The molecule has 28 heavy (non-hydrogen) atoms. The van der Waals surface area contributed by atoms with E-state index >= 15 is 0 Å². The van der Waals surface area contributed by atoms with Crippen LogP contribution in [0.1, 0.15) is 66.9 Å². The number of benzene rings is 1. The number of rotatable bonds is 6. The lowest BCUT2D eigenvalue weighted by molar-refractivity contribution is -0.0314. The van der Waals surface area contributed by atoms with Crippen molar-refractivity contribution in [3.8, 4) is 0 Å². The summed E-state index contributed by atoms with van der Waals surface area (Å²) in [6, 6.07) is 10.1. The molecule has 0 saturated carbocycles. The predicted octanol–water partition coefficient (Wildman–Crippen LogP) is 5.67. The summed E-state index contributed by atoms with van der Waals surface area (Å²) in [6.45, 7) is 16.8. The summed E-state index contributed by atoms with van der Waals surface area (Å²) in [6.07, 6.45) is 1.66. The molecular formula is C23H41NO4. The third kappa shape index (κ3) is 12.0. The normalized spacial score (nSPS) is 14.3. The van der Waals surface area contributed by atoms with Gasteiger partial charge in [-0.3, -0.25) is 0 Å². The first kappa shape index (κ1) is 26.4. The maximum atomic E-state index is 12.0. The minimum atomic E-state index is -0.444. The highest BCUT2D eigenvalue weighted by Crippen LogP contribution is 2.17. The monoisotopic (exact) mass is 395 g/mol. The Kier molecular flexibility index (Phi) is 14.5. The van der Waals surface area contributed by atoms with Crippen molar-refractivity contribution in [1.82, 2.24) is 4.90 Å². The topological polar surface area (TPSA) is 48.0 Å². The van der Waals surface area contributed by atoms with Crippen LogP contribution in [0, 0.1) is 0 Å². The van der Waals surface area contributed by atoms with Gasteiger partial charge in [-0.15, -0.1) is 0 Å². The fourth-order valence-corrected chi connectivity index (χ4v) is 2.57. The first-order valence-electron chi connectivity index (χ1n) is 10.7. The van der Waals surface area contributed by atoms with Crippen LogP contribution in [-0.4, -0.2) is 49.0 Å². The molecule has 1 aliphatic heterocycles. The minimum Gasteiger partial charge on any atom is -0.444 e. The van der Waals surface area contributed by atoms with E-state index in [0.717, 1.165) is 12.8 Å². The summed E-state index contributed by atoms with van der Waals surface area (Å²) < 4.78 is 16.9. The van der Waals surface area contributed by atoms with E-state index in [1.165, 1.54) is 5.56 Å². The van der Waals surface area contributed by atoms with Crippen molar-refractivity contribution >= 4 is 6.09 Å². The lowest BCUT2D eigenvalue weighted by Crippen LogP contribution is -2.43. The maximum absolute atomic E-state index is 12.0. The maximum Gasteiger partial charge on any atom is 0.410 e. The number of hydrogen-bond donors (Lipinski definition) is 0. The predicted molar refractivity (Wildman–Crippen MR) is 116 cm³/mol. The summed E-state index contributed by atoms with van der Waals surface area (Å²) in [4.78, 5) is 13.8. The molecule has 162 valence electrons. The van der Waals surface area contributed by atoms with Gasteiger partial charge in [0.1, 0.15) is 5.60 Å². The van der Waals surface area contributed by atoms with Crippen LogP contribution in [0.3, 0.4) is 0 Å². The van der Waals surface area contributed by atoms with Gasteiger partial charge < -0.3 is 19.1 Å². The van der Waals surface area contributed by atoms with Crippen molar-refractivity contribution < 1.29 is 19.0 Å². The smallest absolute Gasteiger partial charge is 0.410 e. The summed E-state index contributed by atoms with van der Waals surface area (Å²) in [5.41, 5.74) is 0.726. The van der Waals surface area contributed by atoms with Gasteiger partial charge in [0.15, 0.2) is 0 Å². The Morgan fingerprint density at radius 3 is 2.11 bits per heavy atom. The summed E-state index contributed by atoms with van der Waals surface area (Å²) >= 11 is 0. The van der Waals surface area contributed by atoms with Gasteiger partial charge in [-0.05, 0) is 39.2 Å². The van der Waals surface area contributed by atoms with Crippen LogP contribution in [0.25, 0.3) is 0 Å². The van der Waals surface area contributed by atoms with Crippen molar-refractivity contribution in [3.63, 3.8) is 0 Å². The Balaban J connectivity index is 0.00000171. The second-order valence-corrected chi connectivity index (χ2v) is 7.08. The highest BCUT2D eigenvalue weighted by molar-refractivity contribution is 5.68. The number of ether oxygens (including phenoxy) is 3. The lowest BCUT2D eigenvalue weighted by Gasteiger charge is -2.33. The first-order chi connectivity index (χ1) is 13.4. The van der Waals surface area contributed by atoms with E-state index in [0.29, 0.717) is 32.9 Å². The van der Waals surface area contributed by atoms with E-state index in [1.807, 2.05) is 78.8 Å². The molecule has 1 amide bonds. The van der Waals surface area contributed by atoms with Gasteiger partial charge in [0.05, 0.1) is 25.9 Å². The standard InChI is InChI=1S/C19H29NO4.2C2H6/c1-19(2,3)24-18(21)20-11-9-17(10-12-20)23-14-13-22-15-16-7-5-4-6-8-16;2*1-2/h4-8,17H,9-15H2,1-3H3;2*1-2H3. The Morgan fingerprint density at radius 1 is 1.00 bits per heavy atom. The molecule has 0 N–H and O–H groups in total. The fraction of sp³-hybridized carbons (Fsp3) is 0.696. The van der Waals surface area contributed by atoms with Gasteiger partial charge >= 0.3 is 6.09 Å². The van der Waals surface area contributed by atoms with Gasteiger partial charge in [-0.1, -0.05) is 58.0 Å². The molecule has 1 fully saturated rings. The molecule has 5 heteroatoms. The van der Waals surface area contributed by atoms with Crippen molar-refractivity contribution in [2.45, 2.75) is 79.6 Å². The van der Waals surface area contributed by atoms with E-state index in [2.05, 4.69) is 0 Å². The first-order valence-corrected chi connectivity index (χ1v) is 10.7. The zero-order valence-electron chi connectivity index (χ0n) is 19.0. The van der Waals surface area contributed by atoms with Crippen LogP contribution in [0.4, 0.5) is 4.79 Å². The van der Waals surface area contributed by atoms with Gasteiger partial charge in [0.2, 0.25) is 0 Å². The van der Waals surface area contributed by atoms with Gasteiger partial charge in [0, 0.05) is 13.1 Å². The molecule has 5 nitrogen and oxygen atoms in total. The number of carbonyl (C=O) groups excluding carboxylic acids is 1. The Hall–Kier alpha value is -1.59. The number of nitrogens with zero attached hydrogens (tertiary/aromatic N) is 1. The molecule has 2 rings (SSSR count). The average molecular weight is 396 g/mol. The highest BCUT2D eigenvalue weighted by atomic mass is 16.6. The molecule has 0 radical (unpaired) electrons. The number of piperidine rings is 1. The average Bonchev–Trinajstić information content (AvgIpc) is 2.71. The molecule has 0 aliphatic carbocycles. The third-order valence-electron chi connectivity index (χ3n) is 3.79. The third-order valence-corrected chi connectivity index (χ3v) is 3.79. The van der Waals surface area contributed by atoms with Crippen LogP contribution in [0.15, 0.2) is 30.3 Å². The molecule has 0 spiro atoms. The van der Waals surface area contributed by atoms with E-state index in [4.69, 9.17) is 14.2 Å². The zero-order valence-corrected chi connectivity index (χ0v) is 19.0. The van der Waals surface area contributed by atoms with Gasteiger partial charge in [-0.2, -0.15) is 0 Å². The second-order valence-electron chi connectivity index (χ2n) is 7.08. The quantitative estimate of drug-likeness (QED) is 0.582. The van der Waals surface area contributed by atoms with Crippen LogP contribution < -0.4 is 0 Å². The SMILES string of the molecule is CC.CC.CC(C)(C)OC(=O)N1CCC(OCCOCc2ccccc2)CC1. The number of amides is 1. The van der Waals surface area contributed by atoms with Crippen molar-refractivity contribution in [2.24, 2.45) is 0 Å². The lowest BCUT2D eigenvalue weighted by atomic mass is 10.1. The van der Waals surface area contributed by atoms with Crippen molar-refractivity contribution in [1.29, 1.82) is 0 Å². The molecule has 1 aliphatic rings. The van der Waals surface area contributed by atoms with Crippen LogP contribution in [0.2, 0.25) is 0 Å². The van der Waals surface area contributed by atoms with Crippen LogP contribution in [-0.2, 0) is 20.8 Å². The molecular weight excluding hydrogens is 354 g/mol. The van der Waals surface area contributed by atoms with Gasteiger partial charge in [0.25, 0.3) is 0 Å². The van der Waals surface area contributed by atoms with Gasteiger partial charge in [-0.25, -0.2) is 4.79 Å². The number of likely N-dealkylation sites (tertiary alicyclic amines) is 1. The second kappa shape index (κ2) is 15.3. The van der Waals surface area contributed by atoms with E-state index < -0.39 is 5.60 Å². The zero-order chi connectivity index (χ0) is 21.4. The molecule has 0 atom stereocenters. The fourth-order valence-electron chi connectivity index (χ4n) is 2.57. The van der Waals surface area contributed by atoms with Crippen LogP contribution in [0.5, 0.6) is 0 Å². The summed E-state index contributed by atoms with van der Waals surface area (Å²) in [7, 11) is 0. The molecule has 1 heterocycles.